The first-order valence-corrected chi connectivity index (χ1v) is 9.78. The summed E-state index contributed by atoms with van der Waals surface area (Å²) in [5.74, 6) is 1.09. The minimum atomic E-state index is 0. The fraction of sp³-hybridized carbons (Fsp3) is 0.364. The molecule has 29 heavy (non-hydrogen) atoms. The molecular weight excluding hydrogens is 407 g/mol. The second-order valence-electron chi connectivity index (χ2n) is 6.93. The second kappa shape index (κ2) is 12.4. The molecule has 7 heteroatoms. The van der Waals surface area contributed by atoms with Crippen molar-refractivity contribution in [1.29, 1.82) is 0 Å². The molecule has 0 atom stereocenters. The Kier molecular flexibility index (Phi) is 9.88. The molecule has 0 aromatic heterocycles. The van der Waals surface area contributed by atoms with Crippen molar-refractivity contribution in [2.45, 2.75) is 0 Å². The molecule has 0 unspecified atom stereocenters. The molecule has 2 aliphatic heterocycles. The quantitative estimate of drug-likeness (QED) is 0.273. The van der Waals surface area contributed by atoms with Crippen LogP contribution < -0.4 is 0 Å². The number of hydrogen-bond acceptors (Lipinski definition) is 4. The third-order valence-corrected chi connectivity index (χ3v) is 4.55. The Morgan fingerprint density at radius 1 is 0.690 bits per heavy atom. The molecule has 2 saturated heterocycles. The minimum absolute atomic E-state index is 0. The van der Waals surface area contributed by atoms with Gasteiger partial charge in [-0.05, 0) is 12.1 Å². The van der Waals surface area contributed by atoms with Gasteiger partial charge in [0.25, 0.3) is 11.5 Å². The van der Waals surface area contributed by atoms with E-state index in [4.69, 9.17) is 10.2 Å². The molecule has 0 aliphatic carbocycles. The van der Waals surface area contributed by atoms with Gasteiger partial charge in [-0.3, -0.25) is 19.8 Å². The van der Waals surface area contributed by atoms with E-state index < -0.39 is 0 Å². The molecule has 2 fully saturated rings. The second-order valence-corrected chi connectivity index (χ2v) is 6.93. The van der Waals surface area contributed by atoms with Gasteiger partial charge < -0.3 is 10.2 Å². The predicted octanol–water partition coefficient (Wildman–Crippen LogP) is 1.72. The van der Waals surface area contributed by atoms with Gasteiger partial charge in [-0.15, -0.1) is 0 Å². The molecule has 6 nitrogen and oxygen atoms in total. The van der Waals surface area contributed by atoms with Crippen LogP contribution in [0, 0.1) is 0 Å². The first-order chi connectivity index (χ1) is 13.7. The van der Waals surface area contributed by atoms with Crippen molar-refractivity contribution in [3.8, 4) is 11.5 Å². The van der Waals surface area contributed by atoms with E-state index in [0.717, 1.165) is 37.3 Å². The van der Waals surface area contributed by atoms with Crippen LogP contribution >= 0.6 is 0 Å². The van der Waals surface area contributed by atoms with Gasteiger partial charge in [0.05, 0.1) is 24.2 Å². The maximum Gasteiger partial charge on any atom is 3.00 e. The first kappa shape index (κ1) is 23.1. The standard InChI is InChI=1S/2C11H14N2O.Mn/c2*14-11-4-2-1-3-10(11)9-12-5-6-13-7-8-13;/h2*1-4,9,14H,5-8H2;/q;;+3/p+2. The average Bonchev–Trinajstić information content (AvgIpc) is 3.61. The monoisotopic (exact) mass is 437 g/mol. The first-order valence-electron chi connectivity index (χ1n) is 9.78. The summed E-state index contributed by atoms with van der Waals surface area (Å²) in [7, 11) is 0. The van der Waals surface area contributed by atoms with Crippen LogP contribution in [0.4, 0.5) is 0 Å². The van der Waals surface area contributed by atoms with Crippen LogP contribution in [0.1, 0.15) is 11.1 Å². The Labute approximate surface area is 183 Å². The van der Waals surface area contributed by atoms with Crippen LogP contribution in [0.3, 0.4) is 0 Å². The molecule has 0 amide bonds. The summed E-state index contributed by atoms with van der Waals surface area (Å²) in [6.07, 6.45) is 3.59. The van der Waals surface area contributed by atoms with Crippen LogP contribution in [-0.2, 0) is 17.1 Å². The maximum atomic E-state index is 7.60. The molecule has 4 rings (SSSR count). The maximum absolute atomic E-state index is 7.60. The van der Waals surface area contributed by atoms with Gasteiger partial charge in [0, 0.05) is 63.8 Å². The van der Waals surface area contributed by atoms with E-state index in [-0.39, 0.29) is 17.1 Å². The number of rotatable bonds is 8. The predicted molar refractivity (Wildman–Crippen MR) is 117 cm³/mol. The molecule has 4 N–H and O–H groups in total. The Hall–Kier alpha value is -2.18. The summed E-state index contributed by atoms with van der Waals surface area (Å²) < 4.78 is 0. The van der Waals surface area contributed by atoms with E-state index in [2.05, 4.69) is 19.8 Å². The largest absolute Gasteiger partial charge is 3.00 e. The SMILES string of the molecule is [Mn+3].[OH2+]c1ccccc1C=NCCN1CC1.[OH2+]c1ccccc1C=NCCN1CC1. The fourth-order valence-electron chi connectivity index (χ4n) is 2.53. The molecule has 0 bridgehead atoms. The Balaban J connectivity index is 0.000000200. The zero-order valence-corrected chi connectivity index (χ0v) is 17.8. The smallest absolute Gasteiger partial charge is 0.593 e. The van der Waals surface area contributed by atoms with E-state index in [9.17, 15) is 0 Å². The summed E-state index contributed by atoms with van der Waals surface area (Å²) in [5.41, 5.74) is 1.80. The number of nitrogens with zero attached hydrogens (tertiary/aromatic N) is 4. The summed E-state index contributed by atoms with van der Waals surface area (Å²) in [6.45, 7) is 8.69. The topological polar surface area (TPSA) is 76.5 Å². The van der Waals surface area contributed by atoms with Crippen molar-refractivity contribution in [3.05, 3.63) is 59.7 Å². The van der Waals surface area contributed by atoms with Gasteiger partial charge in [-0.2, -0.15) is 0 Å². The normalized spacial score (nSPS) is 15.7. The van der Waals surface area contributed by atoms with Crippen LogP contribution in [-0.4, -0.2) is 84.8 Å². The number of aliphatic imine (C=N–C) groups is 2. The van der Waals surface area contributed by atoms with E-state index in [1.54, 1.807) is 24.6 Å². The van der Waals surface area contributed by atoms with Crippen molar-refractivity contribution in [2.75, 3.05) is 52.4 Å². The Morgan fingerprint density at radius 3 is 1.41 bits per heavy atom. The third kappa shape index (κ3) is 9.24. The van der Waals surface area contributed by atoms with Crippen molar-refractivity contribution >= 4 is 12.4 Å². The molecule has 2 aromatic rings. The zero-order chi connectivity index (χ0) is 19.6. The van der Waals surface area contributed by atoms with Crippen LogP contribution in [0.5, 0.6) is 11.5 Å². The van der Waals surface area contributed by atoms with Gasteiger partial charge in [0.15, 0.2) is 0 Å². The van der Waals surface area contributed by atoms with Gasteiger partial charge in [-0.25, -0.2) is 0 Å². The number of hydrogen-bond donors (Lipinski definition) is 0. The summed E-state index contributed by atoms with van der Waals surface area (Å²) in [6, 6.07) is 15.0. The molecule has 2 aliphatic rings. The molecule has 0 saturated carbocycles. The summed E-state index contributed by atoms with van der Waals surface area (Å²) >= 11 is 0. The van der Waals surface area contributed by atoms with E-state index in [0.29, 0.717) is 11.5 Å². The number of benzene rings is 2. The van der Waals surface area contributed by atoms with E-state index >= 15 is 0 Å². The zero-order valence-electron chi connectivity index (χ0n) is 16.6. The van der Waals surface area contributed by atoms with Crippen LogP contribution in [0.15, 0.2) is 58.5 Å². The Morgan fingerprint density at radius 2 is 1.07 bits per heavy atom. The van der Waals surface area contributed by atoms with Crippen LogP contribution in [0.25, 0.3) is 0 Å². The molecule has 0 radical (unpaired) electrons. The van der Waals surface area contributed by atoms with E-state index in [1.807, 2.05) is 36.4 Å². The van der Waals surface area contributed by atoms with Gasteiger partial charge in [0.2, 0.25) is 0 Å². The van der Waals surface area contributed by atoms with E-state index in [1.165, 1.54) is 26.2 Å². The summed E-state index contributed by atoms with van der Waals surface area (Å²) in [5, 5.41) is 15.2. The molecule has 2 aromatic carbocycles. The van der Waals surface area contributed by atoms with Crippen molar-refractivity contribution in [2.24, 2.45) is 9.98 Å². The Bertz CT molecular complexity index is 737. The average molecular weight is 437 g/mol. The van der Waals surface area contributed by atoms with Crippen molar-refractivity contribution < 1.29 is 27.3 Å². The minimum Gasteiger partial charge on any atom is -0.593 e. The van der Waals surface area contributed by atoms with Crippen molar-refractivity contribution in [1.82, 2.24) is 9.80 Å². The third-order valence-electron chi connectivity index (χ3n) is 4.55. The molecule has 0 spiro atoms. The van der Waals surface area contributed by atoms with Gasteiger partial charge in [-0.1, -0.05) is 24.3 Å². The summed E-state index contributed by atoms with van der Waals surface area (Å²) in [4.78, 5) is 13.3. The fourth-order valence-corrected chi connectivity index (χ4v) is 2.53. The van der Waals surface area contributed by atoms with Gasteiger partial charge >= 0.3 is 17.1 Å². The van der Waals surface area contributed by atoms with Gasteiger partial charge in [0.1, 0.15) is 0 Å². The van der Waals surface area contributed by atoms with Crippen LogP contribution in [0.2, 0.25) is 0 Å². The molecule has 2 heterocycles. The number of para-hydroxylation sites is 2. The molecule has 152 valence electrons. The molecular formula is C22H30MnN4O2+5. The van der Waals surface area contributed by atoms with Crippen molar-refractivity contribution in [3.63, 3.8) is 0 Å².